The lowest BCUT2D eigenvalue weighted by Crippen LogP contribution is -2.69. The van der Waals surface area contributed by atoms with Crippen LogP contribution < -0.4 is 0 Å². The summed E-state index contributed by atoms with van der Waals surface area (Å²) >= 11 is 0. The van der Waals surface area contributed by atoms with Crippen LogP contribution in [0.15, 0.2) is 11.6 Å². The van der Waals surface area contributed by atoms with Crippen molar-refractivity contribution in [3.63, 3.8) is 0 Å². The molecule has 136 valence electrons. The molecule has 8 heteroatoms. The van der Waals surface area contributed by atoms with Crippen molar-refractivity contribution in [2.75, 3.05) is 19.7 Å². The quantitative estimate of drug-likeness (QED) is 0.565. The second kappa shape index (κ2) is 5.98. The van der Waals surface area contributed by atoms with Crippen LogP contribution in [0.4, 0.5) is 13.6 Å². The minimum atomic E-state index is -3.74. The van der Waals surface area contributed by atoms with Gasteiger partial charge in [0.15, 0.2) is 0 Å². The molecule has 0 N–H and O–H groups in total. The van der Waals surface area contributed by atoms with Gasteiger partial charge in [0.05, 0.1) is 6.61 Å². The van der Waals surface area contributed by atoms with E-state index in [9.17, 15) is 9.59 Å². The molecule has 0 aromatic heterocycles. The van der Waals surface area contributed by atoms with Crippen LogP contribution in [0, 0.1) is 0 Å². The second-order valence-electron chi connectivity index (χ2n) is 5.99. The number of halogens is 2. The molecule has 0 radical (unpaired) electrons. The van der Waals surface area contributed by atoms with Crippen molar-refractivity contribution in [1.29, 1.82) is 0 Å². The van der Waals surface area contributed by atoms with E-state index in [-0.39, 0.29) is 19.7 Å². The van der Waals surface area contributed by atoms with Crippen molar-refractivity contribution in [3.05, 3.63) is 11.6 Å². The molecule has 0 aliphatic carbocycles. The lowest BCUT2D eigenvalue weighted by Gasteiger charge is -2.43. The van der Waals surface area contributed by atoms with Crippen LogP contribution in [-0.2, 0) is 19.0 Å². The van der Waals surface area contributed by atoms with Crippen molar-refractivity contribution in [2.24, 2.45) is 0 Å². The lowest BCUT2D eigenvalue weighted by atomic mass is 9.72. The molecule has 2 heterocycles. The van der Waals surface area contributed by atoms with Crippen LogP contribution in [0.2, 0.25) is 0 Å². The van der Waals surface area contributed by atoms with Gasteiger partial charge in [0.2, 0.25) is 0 Å². The molecule has 1 amide bonds. The molecule has 0 spiro atoms. The summed E-state index contributed by atoms with van der Waals surface area (Å²) in [7, 11) is 0. The Morgan fingerprint density at radius 2 is 1.88 bits per heavy atom. The van der Waals surface area contributed by atoms with Gasteiger partial charge in [-0.15, -0.1) is 0 Å². The average Bonchev–Trinajstić information content (AvgIpc) is 2.90. The van der Waals surface area contributed by atoms with E-state index in [1.807, 2.05) is 0 Å². The molecule has 2 rings (SSSR count). The summed E-state index contributed by atoms with van der Waals surface area (Å²) in [6.45, 7) is 8.15. The first kappa shape index (κ1) is 18.6. The van der Waals surface area contributed by atoms with E-state index in [0.29, 0.717) is 5.57 Å². The first-order valence-electron chi connectivity index (χ1n) is 8.02. The number of hydrogen-bond donors (Lipinski definition) is 0. The highest BCUT2D eigenvalue weighted by Crippen LogP contribution is 2.60. The highest BCUT2D eigenvalue weighted by molar-refractivity contribution is 5.88. The first-order chi connectivity index (χ1) is 11.1. The number of carbonyl (C=O) groups excluding carboxylic acids is 2. The van der Waals surface area contributed by atoms with Crippen molar-refractivity contribution in [2.45, 2.75) is 57.8 Å². The van der Waals surface area contributed by atoms with E-state index in [4.69, 9.17) is 14.2 Å². The Balaban J connectivity index is 2.55. The second-order valence-corrected chi connectivity index (χ2v) is 5.99. The number of amides is 1. The summed E-state index contributed by atoms with van der Waals surface area (Å²) in [5.41, 5.74) is -4.23. The number of hydrogen-bond acceptors (Lipinski definition) is 5. The summed E-state index contributed by atoms with van der Waals surface area (Å²) in [6, 6.07) is 0. The van der Waals surface area contributed by atoms with Gasteiger partial charge in [-0.3, -0.25) is 0 Å². The number of ether oxygens (including phenoxy) is 3. The van der Waals surface area contributed by atoms with Crippen LogP contribution in [-0.4, -0.2) is 59.9 Å². The molecule has 2 aliphatic rings. The SMILES string of the molecule is CCOC(=O)[C@@]1(OC(=O)N(CC)CC)C(F)(F)[C@@H]2C=C(C)[C@@]1(C)O2. The minimum absolute atomic E-state index is 0.122. The van der Waals surface area contributed by atoms with Gasteiger partial charge in [-0.25, -0.2) is 9.59 Å². The fraction of sp³-hybridized carbons (Fsp3) is 0.750. The summed E-state index contributed by atoms with van der Waals surface area (Å²) in [5, 5.41) is 0. The molecular formula is C16H23F2NO5. The van der Waals surface area contributed by atoms with E-state index < -0.39 is 35.3 Å². The number of alkyl halides is 2. The fourth-order valence-electron chi connectivity index (χ4n) is 3.27. The molecule has 1 saturated heterocycles. The average molecular weight is 347 g/mol. The Bertz CT molecular complexity index is 575. The van der Waals surface area contributed by atoms with Gasteiger partial charge in [-0.2, -0.15) is 8.78 Å². The Kier molecular flexibility index (Phi) is 4.65. The third-order valence-electron chi connectivity index (χ3n) is 4.84. The topological polar surface area (TPSA) is 65.1 Å². The predicted octanol–water partition coefficient (Wildman–Crippen LogP) is 2.52. The van der Waals surface area contributed by atoms with E-state index in [1.54, 1.807) is 20.8 Å². The van der Waals surface area contributed by atoms with Gasteiger partial charge in [-0.1, -0.05) is 0 Å². The van der Waals surface area contributed by atoms with Crippen molar-refractivity contribution in [3.8, 4) is 0 Å². The monoisotopic (exact) mass is 347 g/mol. The predicted molar refractivity (Wildman–Crippen MR) is 80.7 cm³/mol. The summed E-state index contributed by atoms with van der Waals surface area (Å²) in [6.07, 6.45) is -1.39. The van der Waals surface area contributed by atoms with Gasteiger partial charge in [0.1, 0.15) is 11.7 Å². The van der Waals surface area contributed by atoms with Crippen LogP contribution >= 0.6 is 0 Å². The van der Waals surface area contributed by atoms with Crippen LogP contribution in [0.1, 0.15) is 34.6 Å². The number of fused-ring (bicyclic) bond motifs is 2. The summed E-state index contributed by atoms with van der Waals surface area (Å²) < 4.78 is 45.4. The van der Waals surface area contributed by atoms with Gasteiger partial charge >= 0.3 is 23.6 Å². The third-order valence-corrected chi connectivity index (χ3v) is 4.84. The molecule has 3 atom stereocenters. The molecule has 0 aromatic rings. The molecule has 2 bridgehead atoms. The maximum absolute atomic E-state index is 15.0. The zero-order chi connectivity index (χ0) is 18.3. The normalized spacial score (nSPS) is 33.1. The minimum Gasteiger partial charge on any atom is -0.463 e. The largest absolute Gasteiger partial charge is 0.463 e. The number of rotatable bonds is 5. The molecule has 24 heavy (non-hydrogen) atoms. The van der Waals surface area contributed by atoms with Gasteiger partial charge in [-0.05, 0) is 46.3 Å². The van der Waals surface area contributed by atoms with Crippen LogP contribution in [0.25, 0.3) is 0 Å². The molecule has 0 unspecified atom stereocenters. The first-order valence-corrected chi connectivity index (χ1v) is 8.02. The van der Waals surface area contributed by atoms with Crippen molar-refractivity contribution in [1.82, 2.24) is 4.90 Å². The maximum Gasteiger partial charge on any atom is 0.411 e. The maximum atomic E-state index is 15.0. The highest BCUT2D eigenvalue weighted by atomic mass is 19.3. The summed E-state index contributed by atoms with van der Waals surface area (Å²) in [4.78, 5) is 26.1. The smallest absolute Gasteiger partial charge is 0.411 e. The number of carbonyl (C=O) groups is 2. The van der Waals surface area contributed by atoms with E-state index in [1.165, 1.54) is 24.8 Å². The molecule has 6 nitrogen and oxygen atoms in total. The standard InChI is InChI=1S/C16H23F2NO5/c1-6-19(7-2)13(21)24-15(12(20)22-8-3)14(5)10(4)9-11(23-14)16(15,17)18/h9,11H,6-8H2,1-5H3/t11-,14+,15-/m0/s1. The van der Waals surface area contributed by atoms with Gasteiger partial charge in [0.25, 0.3) is 0 Å². The zero-order valence-electron chi connectivity index (χ0n) is 14.5. The summed E-state index contributed by atoms with van der Waals surface area (Å²) in [5.74, 6) is -5.04. The lowest BCUT2D eigenvalue weighted by molar-refractivity contribution is -0.215. The molecule has 0 saturated carbocycles. The molecular weight excluding hydrogens is 324 g/mol. The van der Waals surface area contributed by atoms with Crippen LogP contribution in [0.3, 0.4) is 0 Å². The molecule has 0 aromatic carbocycles. The Hall–Kier alpha value is -1.70. The van der Waals surface area contributed by atoms with E-state index in [2.05, 4.69) is 0 Å². The Morgan fingerprint density at radius 3 is 2.33 bits per heavy atom. The van der Waals surface area contributed by atoms with Crippen LogP contribution in [0.5, 0.6) is 0 Å². The third kappa shape index (κ3) is 2.15. The molecule has 1 fully saturated rings. The zero-order valence-corrected chi connectivity index (χ0v) is 14.5. The van der Waals surface area contributed by atoms with E-state index in [0.717, 1.165) is 0 Å². The van der Waals surface area contributed by atoms with Gasteiger partial charge < -0.3 is 19.1 Å². The Labute approximate surface area is 139 Å². The number of nitrogens with zero attached hydrogens (tertiary/aromatic N) is 1. The number of esters is 1. The molecule has 2 aliphatic heterocycles. The van der Waals surface area contributed by atoms with E-state index >= 15 is 8.78 Å². The highest BCUT2D eigenvalue weighted by Gasteiger charge is 2.84. The Morgan fingerprint density at radius 1 is 1.29 bits per heavy atom. The fourth-order valence-corrected chi connectivity index (χ4v) is 3.27. The van der Waals surface area contributed by atoms with Crippen molar-refractivity contribution < 1.29 is 32.6 Å². The van der Waals surface area contributed by atoms with Crippen molar-refractivity contribution >= 4 is 12.1 Å². The van der Waals surface area contributed by atoms with Gasteiger partial charge in [0, 0.05) is 13.1 Å².